The van der Waals surface area contributed by atoms with Gasteiger partial charge in [0, 0.05) is 11.9 Å². The van der Waals surface area contributed by atoms with Gasteiger partial charge in [-0.25, -0.2) is 9.59 Å². The number of rotatable bonds is 3. The summed E-state index contributed by atoms with van der Waals surface area (Å²) in [5.74, 6) is -1.03. The molecule has 0 saturated carbocycles. The lowest BCUT2D eigenvalue weighted by molar-refractivity contribution is 0.0697. The first kappa shape index (κ1) is 14.8. The third kappa shape index (κ3) is 5.72. The lowest BCUT2D eigenvalue weighted by Gasteiger charge is -2.11. The molecule has 1 aromatic rings. The van der Waals surface area contributed by atoms with Crippen LogP contribution in [-0.4, -0.2) is 17.1 Å². The van der Waals surface area contributed by atoms with E-state index in [4.69, 9.17) is 5.11 Å². The Bertz CT molecular complexity index is 502. The van der Waals surface area contributed by atoms with Gasteiger partial charge in [-0.1, -0.05) is 32.9 Å². The first-order chi connectivity index (χ1) is 8.78. The van der Waals surface area contributed by atoms with E-state index in [0.717, 1.165) is 0 Å². The summed E-state index contributed by atoms with van der Waals surface area (Å²) < 4.78 is 0. The van der Waals surface area contributed by atoms with Crippen LogP contribution in [0.5, 0.6) is 0 Å². The number of amides is 2. The van der Waals surface area contributed by atoms with Gasteiger partial charge in [-0.15, -0.1) is 0 Å². The smallest absolute Gasteiger partial charge is 0.335 e. The van der Waals surface area contributed by atoms with Crippen LogP contribution < -0.4 is 10.6 Å². The average Bonchev–Trinajstić information content (AvgIpc) is 2.27. The molecule has 1 aromatic carbocycles. The van der Waals surface area contributed by atoms with Gasteiger partial charge in [0.05, 0.1) is 5.56 Å². The molecule has 102 valence electrons. The molecule has 0 fully saturated rings. The molecule has 0 atom stereocenters. The molecular weight excluding hydrogens is 244 g/mol. The number of carbonyl (C=O) groups excluding carboxylic acids is 1. The maximum Gasteiger partial charge on any atom is 0.335 e. The normalized spacial score (nSPS) is 11.3. The fourth-order valence-corrected chi connectivity index (χ4v) is 1.26. The molecule has 0 aliphatic rings. The van der Waals surface area contributed by atoms with E-state index in [2.05, 4.69) is 10.6 Å². The molecule has 3 N–H and O–H groups in total. The zero-order chi connectivity index (χ0) is 14.5. The highest BCUT2D eigenvalue weighted by atomic mass is 16.4. The largest absolute Gasteiger partial charge is 0.478 e. The second-order valence-electron chi connectivity index (χ2n) is 5.18. The first-order valence-corrected chi connectivity index (χ1v) is 5.86. The Balaban J connectivity index is 2.60. The highest BCUT2D eigenvalue weighted by Gasteiger charge is 2.06. The molecule has 0 bridgehead atoms. The van der Waals surface area contributed by atoms with Crippen LogP contribution >= 0.6 is 0 Å². The predicted octanol–water partition coefficient (Wildman–Crippen LogP) is 3.07. The Hall–Kier alpha value is -2.30. The summed E-state index contributed by atoms with van der Waals surface area (Å²) in [6.07, 6.45) is 3.43. The zero-order valence-electron chi connectivity index (χ0n) is 11.2. The minimum atomic E-state index is -1.03. The van der Waals surface area contributed by atoms with Gasteiger partial charge in [-0.2, -0.15) is 0 Å². The van der Waals surface area contributed by atoms with Crippen molar-refractivity contribution in [2.24, 2.45) is 5.41 Å². The molecule has 0 aliphatic heterocycles. The van der Waals surface area contributed by atoms with Crippen molar-refractivity contribution >= 4 is 17.7 Å². The van der Waals surface area contributed by atoms with Crippen LogP contribution in [0.3, 0.4) is 0 Å². The first-order valence-electron chi connectivity index (χ1n) is 5.86. The highest BCUT2D eigenvalue weighted by molar-refractivity contribution is 5.93. The third-order valence-electron chi connectivity index (χ3n) is 2.17. The lowest BCUT2D eigenvalue weighted by atomic mass is 9.97. The summed E-state index contributed by atoms with van der Waals surface area (Å²) in [5, 5.41) is 14.0. The van der Waals surface area contributed by atoms with Crippen LogP contribution in [0.25, 0.3) is 0 Å². The number of hydrogen-bond acceptors (Lipinski definition) is 2. The fourth-order valence-electron chi connectivity index (χ4n) is 1.26. The summed E-state index contributed by atoms with van der Waals surface area (Å²) in [7, 11) is 0. The molecule has 5 heteroatoms. The van der Waals surface area contributed by atoms with Gasteiger partial charge in [0.2, 0.25) is 0 Å². The molecule has 0 saturated heterocycles. The zero-order valence-corrected chi connectivity index (χ0v) is 11.2. The molecule has 0 unspecified atom stereocenters. The van der Waals surface area contributed by atoms with Crippen LogP contribution in [0.15, 0.2) is 36.5 Å². The molecule has 0 heterocycles. The SMILES string of the molecule is CC(C)(C)/C=C/NC(=O)Nc1cccc(C(=O)O)c1. The van der Waals surface area contributed by atoms with Gasteiger partial charge in [-0.05, 0) is 23.6 Å². The highest BCUT2D eigenvalue weighted by Crippen LogP contribution is 2.13. The van der Waals surface area contributed by atoms with Gasteiger partial charge in [0.15, 0.2) is 0 Å². The van der Waals surface area contributed by atoms with E-state index < -0.39 is 12.0 Å². The number of urea groups is 1. The Morgan fingerprint density at radius 2 is 1.95 bits per heavy atom. The maximum atomic E-state index is 11.6. The molecular formula is C14H18N2O3. The van der Waals surface area contributed by atoms with Crippen molar-refractivity contribution in [1.82, 2.24) is 5.32 Å². The number of nitrogens with one attached hydrogen (secondary N) is 2. The Labute approximate surface area is 112 Å². The Morgan fingerprint density at radius 1 is 1.26 bits per heavy atom. The minimum Gasteiger partial charge on any atom is -0.478 e. The van der Waals surface area contributed by atoms with Crippen LogP contribution in [-0.2, 0) is 0 Å². The van der Waals surface area contributed by atoms with Crippen molar-refractivity contribution in [3.63, 3.8) is 0 Å². The van der Waals surface area contributed by atoms with E-state index in [9.17, 15) is 9.59 Å². The summed E-state index contributed by atoms with van der Waals surface area (Å²) in [5.41, 5.74) is 0.542. The van der Waals surface area contributed by atoms with E-state index in [0.29, 0.717) is 5.69 Å². The number of aromatic carboxylic acids is 1. The molecule has 0 aliphatic carbocycles. The summed E-state index contributed by atoms with van der Waals surface area (Å²) in [6.45, 7) is 6.04. The van der Waals surface area contributed by atoms with Gasteiger partial charge < -0.3 is 15.7 Å². The standard InChI is InChI=1S/C14H18N2O3/c1-14(2,3)7-8-15-13(19)16-11-6-4-5-10(9-11)12(17)18/h4-9H,1-3H3,(H,17,18)(H2,15,16,19)/b8-7+. The molecule has 0 aromatic heterocycles. The molecule has 0 spiro atoms. The number of carboxylic acid groups (broad SMARTS) is 1. The van der Waals surface area contributed by atoms with E-state index in [1.165, 1.54) is 12.1 Å². The van der Waals surface area contributed by atoms with Crippen LogP contribution in [0.2, 0.25) is 0 Å². The van der Waals surface area contributed by atoms with Crippen molar-refractivity contribution in [2.75, 3.05) is 5.32 Å². The predicted molar refractivity (Wildman–Crippen MR) is 74.2 cm³/mol. The lowest BCUT2D eigenvalue weighted by Crippen LogP contribution is -2.24. The van der Waals surface area contributed by atoms with Crippen molar-refractivity contribution in [3.8, 4) is 0 Å². The number of hydrogen-bond donors (Lipinski definition) is 3. The van der Waals surface area contributed by atoms with E-state index in [1.807, 2.05) is 26.8 Å². The van der Waals surface area contributed by atoms with E-state index in [-0.39, 0.29) is 11.0 Å². The van der Waals surface area contributed by atoms with Crippen molar-refractivity contribution in [3.05, 3.63) is 42.1 Å². The van der Waals surface area contributed by atoms with E-state index in [1.54, 1.807) is 18.3 Å². The molecule has 2 amide bonds. The molecule has 5 nitrogen and oxygen atoms in total. The van der Waals surface area contributed by atoms with Gasteiger partial charge in [0.25, 0.3) is 0 Å². The minimum absolute atomic E-state index is 0.0174. The summed E-state index contributed by atoms with van der Waals surface area (Å²) in [6, 6.07) is 5.65. The van der Waals surface area contributed by atoms with Crippen molar-refractivity contribution in [1.29, 1.82) is 0 Å². The average molecular weight is 262 g/mol. The van der Waals surface area contributed by atoms with Crippen LogP contribution in [0, 0.1) is 5.41 Å². The monoisotopic (exact) mass is 262 g/mol. The van der Waals surface area contributed by atoms with Crippen molar-refractivity contribution in [2.45, 2.75) is 20.8 Å². The topological polar surface area (TPSA) is 78.4 Å². The quantitative estimate of drug-likeness (QED) is 0.783. The van der Waals surface area contributed by atoms with Crippen LogP contribution in [0.1, 0.15) is 31.1 Å². The van der Waals surface area contributed by atoms with Gasteiger partial charge in [-0.3, -0.25) is 0 Å². The maximum absolute atomic E-state index is 11.6. The van der Waals surface area contributed by atoms with E-state index >= 15 is 0 Å². The fraction of sp³-hybridized carbons (Fsp3) is 0.286. The number of benzene rings is 1. The molecule has 0 radical (unpaired) electrons. The van der Waals surface area contributed by atoms with Crippen LogP contribution in [0.4, 0.5) is 10.5 Å². The Morgan fingerprint density at radius 3 is 2.53 bits per heavy atom. The van der Waals surface area contributed by atoms with Gasteiger partial charge in [0.1, 0.15) is 0 Å². The second kappa shape index (κ2) is 6.04. The second-order valence-corrected chi connectivity index (χ2v) is 5.18. The summed E-state index contributed by atoms with van der Waals surface area (Å²) in [4.78, 5) is 22.3. The summed E-state index contributed by atoms with van der Waals surface area (Å²) >= 11 is 0. The third-order valence-corrected chi connectivity index (χ3v) is 2.17. The number of carboxylic acids is 1. The number of allylic oxidation sites excluding steroid dienone is 1. The molecule has 1 rings (SSSR count). The Kier molecular flexibility index (Phi) is 4.69. The number of carbonyl (C=O) groups is 2. The van der Waals surface area contributed by atoms with Gasteiger partial charge >= 0.3 is 12.0 Å². The molecule has 19 heavy (non-hydrogen) atoms. The van der Waals surface area contributed by atoms with Crippen molar-refractivity contribution < 1.29 is 14.7 Å². The number of anilines is 1.